The van der Waals surface area contributed by atoms with E-state index in [1.807, 2.05) is 0 Å². The Hall–Kier alpha value is -1.74. The Bertz CT molecular complexity index is 965. The van der Waals surface area contributed by atoms with E-state index in [0.29, 0.717) is 24.4 Å². The monoisotopic (exact) mass is 422 g/mol. The Morgan fingerprint density at radius 2 is 1.36 bits per heavy atom. The number of hydrogen-bond acceptors (Lipinski definition) is 4. The predicted octanol–water partition coefficient (Wildman–Crippen LogP) is 2.77. The molecule has 0 amide bonds. The van der Waals surface area contributed by atoms with E-state index in [4.69, 9.17) is 0 Å². The predicted molar refractivity (Wildman–Crippen MR) is 109 cm³/mol. The van der Waals surface area contributed by atoms with Gasteiger partial charge in [-0.25, -0.2) is 21.6 Å². The van der Waals surface area contributed by atoms with Crippen molar-refractivity contribution in [2.24, 2.45) is 0 Å². The van der Waals surface area contributed by atoms with Crippen molar-refractivity contribution >= 4 is 20.0 Å². The normalized spacial score (nSPS) is 16.6. The second-order valence-corrected chi connectivity index (χ2v) is 10.6. The van der Waals surface area contributed by atoms with Gasteiger partial charge in [-0.15, -0.1) is 0 Å². The van der Waals surface area contributed by atoms with Crippen molar-refractivity contribution < 1.29 is 16.8 Å². The summed E-state index contributed by atoms with van der Waals surface area (Å²) in [6, 6.07) is 14.9. The minimum absolute atomic E-state index is 0.230. The zero-order valence-electron chi connectivity index (χ0n) is 15.7. The van der Waals surface area contributed by atoms with Crippen molar-refractivity contribution in [1.82, 2.24) is 9.03 Å². The Kier molecular flexibility index (Phi) is 6.87. The number of nitrogens with one attached hydrogen (secondary N) is 1. The molecule has 1 saturated heterocycles. The number of hydrogen-bond donors (Lipinski definition) is 1. The van der Waals surface area contributed by atoms with Gasteiger partial charge in [-0.3, -0.25) is 0 Å². The molecule has 152 valence electrons. The Labute approximate surface area is 167 Å². The maximum Gasteiger partial charge on any atom is 0.243 e. The molecule has 8 heteroatoms. The van der Waals surface area contributed by atoms with Gasteiger partial charge in [0.05, 0.1) is 9.79 Å². The SMILES string of the molecule is O=S(=O)(NCCc1ccc(S(=O)(=O)N2CCCCCC2)cc1)c1ccccc1. The Morgan fingerprint density at radius 3 is 1.96 bits per heavy atom. The standard InChI is InChI=1S/C20H26N2O4S2/c23-27(24,19-8-4-3-5-9-19)21-15-14-18-10-12-20(13-11-18)28(25,26)22-16-6-1-2-7-17-22/h3-5,8-13,21H,1-2,6-7,14-17H2. The fraction of sp³-hybridized carbons (Fsp3) is 0.400. The third kappa shape index (κ3) is 5.20. The van der Waals surface area contributed by atoms with Gasteiger partial charge < -0.3 is 0 Å². The highest BCUT2D eigenvalue weighted by molar-refractivity contribution is 7.89. The van der Waals surface area contributed by atoms with Crippen LogP contribution in [0.2, 0.25) is 0 Å². The van der Waals surface area contributed by atoms with Gasteiger partial charge in [0.15, 0.2) is 0 Å². The lowest BCUT2D eigenvalue weighted by Gasteiger charge is -2.20. The number of benzene rings is 2. The van der Waals surface area contributed by atoms with Crippen LogP contribution < -0.4 is 4.72 Å². The summed E-state index contributed by atoms with van der Waals surface area (Å²) in [5.74, 6) is 0. The molecule has 2 aromatic carbocycles. The van der Waals surface area contributed by atoms with Crippen LogP contribution in [-0.4, -0.2) is 40.8 Å². The molecule has 0 atom stereocenters. The first-order valence-electron chi connectivity index (χ1n) is 9.53. The zero-order valence-corrected chi connectivity index (χ0v) is 17.4. The van der Waals surface area contributed by atoms with E-state index in [1.165, 1.54) is 0 Å². The van der Waals surface area contributed by atoms with Crippen molar-refractivity contribution in [3.63, 3.8) is 0 Å². The van der Waals surface area contributed by atoms with Crippen LogP contribution in [0.3, 0.4) is 0 Å². The molecule has 28 heavy (non-hydrogen) atoms. The Balaban J connectivity index is 1.60. The molecule has 6 nitrogen and oxygen atoms in total. The zero-order chi connectivity index (χ0) is 20.0. The van der Waals surface area contributed by atoms with Gasteiger partial charge in [-0.1, -0.05) is 43.2 Å². The molecule has 3 rings (SSSR count). The molecule has 0 radical (unpaired) electrons. The minimum Gasteiger partial charge on any atom is -0.211 e. The van der Waals surface area contributed by atoms with Crippen molar-refractivity contribution in [2.75, 3.05) is 19.6 Å². The topological polar surface area (TPSA) is 83.5 Å². The van der Waals surface area contributed by atoms with Gasteiger partial charge in [-0.05, 0) is 49.1 Å². The van der Waals surface area contributed by atoms with E-state index in [0.717, 1.165) is 31.2 Å². The summed E-state index contributed by atoms with van der Waals surface area (Å²) in [7, 11) is -6.99. The van der Waals surface area contributed by atoms with Crippen LogP contribution in [-0.2, 0) is 26.5 Å². The van der Waals surface area contributed by atoms with Crippen LogP contribution in [0.25, 0.3) is 0 Å². The lowest BCUT2D eigenvalue weighted by Crippen LogP contribution is -2.31. The van der Waals surface area contributed by atoms with E-state index >= 15 is 0 Å². The second kappa shape index (κ2) is 9.17. The van der Waals surface area contributed by atoms with E-state index in [2.05, 4.69) is 4.72 Å². The van der Waals surface area contributed by atoms with Gasteiger partial charge in [0.2, 0.25) is 20.0 Å². The van der Waals surface area contributed by atoms with Gasteiger partial charge in [-0.2, -0.15) is 4.31 Å². The highest BCUT2D eigenvalue weighted by Crippen LogP contribution is 2.20. The molecule has 0 spiro atoms. The molecule has 2 aromatic rings. The summed E-state index contributed by atoms with van der Waals surface area (Å²) < 4.78 is 54.2. The fourth-order valence-corrected chi connectivity index (χ4v) is 5.84. The fourth-order valence-electron chi connectivity index (χ4n) is 3.27. The summed E-state index contributed by atoms with van der Waals surface area (Å²) >= 11 is 0. The van der Waals surface area contributed by atoms with Gasteiger partial charge in [0, 0.05) is 19.6 Å². The molecule has 0 aliphatic carbocycles. The van der Waals surface area contributed by atoms with Crippen LogP contribution in [0.5, 0.6) is 0 Å². The largest absolute Gasteiger partial charge is 0.243 e. The second-order valence-electron chi connectivity index (χ2n) is 6.92. The average molecular weight is 423 g/mol. The first-order valence-corrected chi connectivity index (χ1v) is 12.5. The van der Waals surface area contributed by atoms with Crippen molar-refractivity contribution in [1.29, 1.82) is 0 Å². The van der Waals surface area contributed by atoms with Crippen LogP contribution >= 0.6 is 0 Å². The highest BCUT2D eigenvalue weighted by Gasteiger charge is 2.24. The van der Waals surface area contributed by atoms with Gasteiger partial charge in [0.25, 0.3) is 0 Å². The summed E-state index contributed by atoms with van der Waals surface area (Å²) in [4.78, 5) is 0.525. The number of sulfonamides is 2. The molecule has 1 aliphatic heterocycles. The van der Waals surface area contributed by atoms with Crippen molar-refractivity contribution in [2.45, 2.75) is 41.9 Å². The molecule has 0 saturated carbocycles. The third-order valence-electron chi connectivity index (χ3n) is 4.89. The highest BCUT2D eigenvalue weighted by atomic mass is 32.2. The van der Waals surface area contributed by atoms with Crippen LogP contribution in [0.1, 0.15) is 31.2 Å². The molecule has 1 heterocycles. The van der Waals surface area contributed by atoms with E-state index in [-0.39, 0.29) is 11.4 Å². The molecule has 1 N–H and O–H groups in total. The molecule has 0 unspecified atom stereocenters. The first kappa shape index (κ1) is 21.0. The maximum atomic E-state index is 12.8. The van der Waals surface area contributed by atoms with Crippen LogP contribution in [0, 0.1) is 0 Å². The summed E-state index contributed by atoms with van der Waals surface area (Å²) in [6.45, 7) is 1.39. The average Bonchev–Trinajstić information content (AvgIpc) is 2.99. The smallest absolute Gasteiger partial charge is 0.211 e. The van der Waals surface area contributed by atoms with Crippen molar-refractivity contribution in [3.8, 4) is 0 Å². The Morgan fingerprint density at radius 1 is 0.750 bits per heavy atom. The lowest BCUT2D eigenvalue weighted by molar-refractivity contribution is 0.423. The minimum atomic E-state index is -3.53. The summed E-state index contributed by atoms with van der Waals surface area (Å²) in [5, 5.41) is 0. The molecule has 0 bridgehead atoms. The molecule has 1 aliphatic rings. The maximum absolute atomic E-state index is 12.8. The molecular formula is C20H26N2O4S2. The van der Waals surface area contributed by atoms with E-state index in [9.17, 15) is 16.8 Å². The van der Waals surface area contributed by atoms with Gasteiger partial charge in [0.1, 0.15) is 0 Å². The number of nitrogens with zero attached hydrogens (tertiary/aromatic N) is 1. The lowest BCUT2D eigenvalue weighted by atomic mass is 10.2. The van der Waals surface area contributed by atoms with E-state index < -0.39 is 20.0 Å². The molecule has 1 fully saturated rings. The molecule has 0 aromatic heterocycles. The van der Waals surface area contributed by atoms with E-state index in [1.54, 1.807) is 58.9 Å². The quantitative estimate of drug-likeness (QED) is 0.744. The van der Waals surface area contributed by atoms with Crippen LogP contribution in [0.15, 0.2) is 64.4 Å². The third-order valence-corrected chi connectivity index (χ3v) is 8.28. The summed E-state index contributed by atoms with van der Waals surface area (Å²) in [6.07, 6.45) is 4.43. The van der Waals surface area contributed by atoms with Gasteiger partial charge >= 0.3 is 0 Å². The van der Waals surface area contributed by atoms with Crippen LogP contribution in [0.4, 0.5) is 0 Å². The summed E-state index contributed by atoms with van der Waals surface area (Å²) in [5.41, 5.74) is 0.880. The first-order chi connectivity index (χ1) is 13.4. The van der Waals surface area contributed by atoms with Crippen molar-refractivity contribution in [3.05, 3.63) is 60.2 Å². The number of rotatable bonds is 7. The molecular weight excluding hydrogens is 396 g/mol.